The molecule has 0 rings (SSSR count). The molecule has 196 valence electrons. The minimum absolute atomic E-state index is 0.00493. The molecule has 0 saturated carbocycles. The van der Waals surface area contributed by atoms with Crippen molar-refractivity contribution in [3.05, 3.63) is 0 Å². The number of ether oxygens (including phenoxy) is 1. The van der Waals surface area contributed by atoms with Crippen molar-refractivity contribution in [2.75, 3.05) is 12.4 Å². The summed E-state index contributed by atoms with van der Waals surface area (Å²) in [5.41, 5.74) is -2.80. The third-order valence-electron chi connectivity index (χ3n) is 5.74. The Morgan fingerprint density at radius 1 is 0.879 bits per heavy atom. The zero-order valence-electron chi connectivity index (χ0n) is 21.6. The molecule has 0 aliphatic rings. The van der Waals surface area contributed by atoms with Crippen LogP contribution < -0.4 is 0 Å². The van der Waals surface area contributed by atoms with Crippen molar-refractivity contribution >= 4 is 25.8 Å². The maximum Gasteiger partial charge on any atom is 0.589 e. The maximum absolute atomic E-state index is 12.6. The lowest BCUT2D eigenvalue weighted by atomic mass is 10.1. The van der Waals surface area contributed by atoms with E-state index in [0.29, 0.717) is 6.42 Å². The van der Waals surface area contributed by atoms with Crippen molar-refractivity contribution in [1.29, 1.82) is 0 Å². The standard InChI is InChI=1S/C25H49O6PS/c1-5-8-10-11-12-13-14-15-16-18-21-33-23(19-17-9-6-2)22(4)31-32(29)25(28,24(26)27)30-20-7-3/h22-23,28H,5-21H2,1-4H3/p+1. The molecule has 0 aromatic heterocycles. The van der Waals surface area contributed by atoms with Gasteiger partial charge in [-0.1, -0.05) is 97.8 Å². The Hall–Kier alpha value is -0.200. The third-order valence-corrected chi connectivity index (χ3v) is 8.65. The first-order valence-electron chi connectivity index (χ1n) is 13.2. The second-order valence-electron chi connectivity index (χ2n) is 8.92. The molecule has 4 atom stereocenters. The third kappa shape index (κ3) is 15.4. The van der Waals surface area contributed by atoms with Gasteiger partial charge in [0.15, 0.2) is 0 Å². The number of carboxylic acid groups (broad SMARTS) is 1. The van der Waals surface area contributed by atoms with Gasteiger partial charge in [0.05, 0.1) is 6.61 Å². The molecule has 33 heavy (non-hydrogen) atoms. The lowest BCUT2D eigenvalue weighted by Crippen LogP contribution is -2.39. The topological polar surface area (TPSA) is 93.1 Å². The van der Waals surface area contributed by atoms with Gasteiger partial charge in [0.25, 0.3) is 0 Å². The van der Waals surface area contributed by atoms with Gasteiger partial charge in [-0.2, -0.15) is 11.8 Å². The van der Waals surface area contributed by atoms with Crippen molar-refractivity contribution in [3.63, 3.8) is 0 Å². The van der Waals surface area contributed by atoms with Crippen molar-refractivity contribution in [3.8, 4) is 0 Å². The van der Waals surface area contributed by atoms with Crippen LogP contribution in [0, 0.1) is 0 Å². The smallest absolute Gasteiger partial charge is 0.474 e. The molecule has 8 heteroatoms. The molecule has 0 radical (unpaired) electrons. The van der Waals surface area contributed by atoms with Crippen molar-refractivity contribution in [2.45, 2.75) is 141 Å². The lowest BCUT2D eigenvalue weighted by Gasteiger charge is -2.21. The van der Waals surface area contributed by atoms with Gasteiger partial charge in [-0.15, -0.1) is 4.52 Å². The van der Waals surface area contributed by atoms with Crippen LogP contribution in [0.2, 0.25) is 0 Å². The minimum Gasteiger partial charge on any atom is -0.474 e. The van der Waals surface area contributed by atoms with E-state index in [0.717, 1.165) is 37.9 Å². The Morgan fingerprint density at radius 2 is 1.39 bits per heavy atom. The van der Waals surface area contributed by atoms with E-state index in [1.54, 1.807) is 6.92 Å². The molecule has 0 aromatic rings. The van der Waals surface area contributed by atoms with Gasteiger partial charge in [-0.05, 0) is 36.5 Å². The first-order chi connectivity index (χ1) is 15.8. The number of hydrogen-bond donors (Lipinski definition) is 2. The molecule has 0 heterocycles. The Kier molecular flexibility index (Phi) is 21.0. The summed E-state index contributed by atoms with van der Waals surface area (Å²) < 4.78 is 23.1. The zero-order valence-corrected chi connectivity index (χ0v) is 23.3. The molecular weight excluding hydrogens is 459 g/mol. The van der Waals surface area contributed by atoms with Gasteiger partial charge < -0.3 is 10.2 Å². The Morgan fingerprint density at radius 3 is 1.91 bits per heavy atom. The minimum atomic E-state index is -2.93. The summed E-state index contributed by atoms with van der Waals surface area (Å²) in [6.45, 7) is 8.00. The summed E-state index contributed by atoms with van der Waals surface area (Å²) in [6, 6.07) is 0. The van der Waals surface area contributed by atoms with Crippen LogP contribution in [-0.2, 0) is 18.6 Å². The maximum atomic E-state index is 12.6. The molecule has 0 aromatic carbocycles. The highest BCUT2D eigenvalue weighted by molar-refractivity contribution is 7.99. The molecule has 6 nitrogen and oxygen atoms in total. The second kappa shape index (κ2) is 21.1. The summed E-state index contributed by atoms with van der Waals surface area (Å²) in [6.07, 6.45) is 17.3. The average Bonchev–Trinajstić information content (AvgIpc) is 2.79. The number of hydrogen-bond acceptors (Lipinski definition) is 6. The van der Waals surface area contributed by atoms with Gasteiger partial charge in [0.2, 0.25) is 0 Å². The number of aliphatic hydroxyl groups is 1. The van der Waals surface area contributed by atoms with Gasteiger partial charge >= 0.3 is 19.5 Å². The predicted octanol–water partition coefficient (Wildman–Crippen LogP) is 7.89. The molecule has 0 bridgehead atoms. The van der Waals surface area contributed by atoms with E-state index in [1.807, 2.05) is 18.7 Å². The molecule has 0 spiro atoms. The van der Waals surface area contributed by atoms with Gasteiger partial charge in [0.1, 0.15) is 6.10 Å². The summed E-state index contributed by atoms with van der Waals surface area (Å²) >= 11 is 1.81. The van der Waals surface area contributed by atoms with E-state index in [1.165, 1.54) is 57.8 Å². The molecule has 0 amide bonds. The second-order valence-corrected chi connectivity index (χ2v) is 11.6. The molecule has 0 aliphatic heterocycles. The van der Waals surface area contributed by atoms with Crippen molar-refractivity contribution in [2.24, 2.45) is 0 Å². The van der Waals surface area contributed by atoms with Crippen molar-refractivity contribution in [1.82, 2.24) is 0 Å². The molecule has 0 fully saturated rings. The molecule has 4 unspecified atom stereocenters. The molecule has 0 saturated heterocycles. The zero-order chi connectivity index (χ0) is 25.0. The number of thioether (sulfide) groups is 1. The number of carbonyl (C=O) groups is 1. The van der Waals surface area contributed by atoms with E-state index in [9.17, 15) is 19.6 Å². The fourth-order valence-corrected chi connectivity index (χ4v) is 5.96. The molecule has 0 aliphatic carbocycles. The Balaban J connectivity index is 4.46. The first kappa shape index (κ1) is 32.8. The van der Waals surface area contributed by atoms with E-state index >= 15 is 0 Å². The average molecular weight is 510 g/mol. The largest absolute Gasteiger partial charge is 0.589 e. The van der Waals surface area contributed by atoms with Crippen LogP contribution in [0.25, 0.3) is 0 Å². The Labute approximate surface area is 207 Å². The quantitative estimate of drug-likeness (QED) is 0.0776. The van der Waals surface area contributed by atoms with E-state index < -0.39 is 25.6 Å². The van der Waals surface area contributed by atoms with E-state index in [4.69, 9.17) is 9.26 Å². The monoisotopic (exact) mass is 509 g/mol. The normalized spacial score (nSPS) is 15.7. The predicted molar refractivity (Wildman–Crippen MR) is 139 cm³/mol. The summed E-state index contributed by atoms with van der Waals surface area (Å²) in [5, 5.41) is 19.7. The summed E-state index contributed by atoms with van der Waals surface area (Å²) in [7, 11) is -2.93. The van der Waals surface area contributed by atoms with Crippen LogP contribution in [0.4, 0.5) is 0 Å². The first-order valence-corrected chi connectivity index (χ1v) is 15.4. The lowest BCUT2D eigenvalue weighted by molar-refractivity contribution is -0.192. The highest BCUT2D eigenvalue weighted by atomic mass is 32.2. The fourth-order valence-electron chi connectivity index (χ4n) is 3.60. The number of unbranched alkanes of at least 4 members (excludes halogenated alkanes) is 11. The van der Waals surface area contributed by atoms with E-state index in [2.05, 4.69) is 13.8 Å². The van der Waals surface area contributed by atoms with Gasteiger partial charge in [0, 0.05) is 5.25 Å². The number of rotatable bonds is 24. The van der Waals surface area contributed by atoms with E-state index in [-0.39, 0.29) is 11.9 Å². The van der Waals surface area contributed by atoms with Gasteiger partial charge in [-0.3, -0.25) is 4.74 Å². The highest BCUT2D eigenvalue weighted by Gasteiger charge is 2.61. The van der Waals surface area contributed by atoms with Crippen LogP contribution in [0.1, 0.15) is 124 Å². The highest BCUT2D eigenvalue weighted by Crippen LogP contribution is 2.42. The summed E-state index contributed by atoms with van der Waals surface area (Å²) in [4.78, 5) is 11.5. The SMILES string of the molecule is CCCCCCCCCCCCSC(CCCCC)C(C)O[P+](=O)C(O)(OCCC)C(=O)O. The molecule has 2 N–H and O–H groups in total. The summed E-state index contributed by atoms with van der Waals surface area (Å²) in [5.74, 6) is -0.669. The molecular formula is C25H50O6PS+. The van der Waals surface area contributed by atoms with Gasteiger partial charge in [-0.25, -0.2) is 4.79 Å². The van der Waals surface area contributed by atoms with Crippen LogP contribution in [0.3, 0.4) is 0 Å². The van der Waals surface area contributed by atoms with Crippen LogP contribution in [-0.4, -0.2) is 45.4 Å². The van der Waals surface area contributed by atoms with Crippen LogP contribution >= 0.6 is 19.8 Å². The van der Waals surface area contributed by atoms with Crippen LogP contribution in [0.5, 0.6) is 0 Å². The number of carboxylic acids is 1. The fraction of sp³-hybridized carbons (Fsp3) is 0.960. The number of aliphatic carboxylic acids is 1. The van der Waals surface area contributed by atoms with Crippen molar-refractivity contribution < 1.29 is 28.8 Å². The van der Waals surface area contributed by atoms with Crippen LogP contribution in [0.15, 0.2) is 0 Å². The Bertz CT molecular complexity index is 507.